The summed E-state index contributed by atoms with van der Waals surface area (Å²) in [7, 11) is 0. The van der Waals surface area contributed by atoms with E-state index in [4.69, 9.17) is 15.2 Å². The number of fused-ring (bicyclic) bond motifs is 1. The standard InChI is InChI=1S/C12H18N4O2/c1-9(2)8-17-5-6-18-12-11-14-3-4-16(11)7-10(13)15-12/h3-4,7,9H,5-6,8,13H2,1-2H3. The number of hydrogen-bond acceptors (Lipinski definition) is 5. The lowest BCUT2D eigenvalue weighted by Crippen LogP contribution is -2.11. The molecular weight excluding hydrogens is 232 g/mol. The second-order valence-corrected chi connectivity index (χ2v) is 4.45. The highest BCUT2D eigenvalue weighted by molar-refractivity contribution is 5.52. The maximum Gasteiger partial charge on any atom is 0.260 e. The van der Waals surface area contributed by atoms with Crippen molar-refractivity contribution in [2.45, 2.75) is 13.8 Å². The molecule has 0 saturated carbocycles. The van der Waals surface area contributed by atoms with Gasteiger partial charge >= 0.3 is 0 Å². The lowest BCUT2D eigenvalue weighted by atomic mass is 10.2. The fourth-order valence-electron chi connectivity index (χ4n) is 1.53. The second kappa shape index (κ2) is 5.68. The monoisotopic (exact) mass is 250 g/mol. The summed E-state index contributed by atoms with van der Waals surface area (Å²) in [5.74, 6) is 1.36. The molecule has 0 spiro atoms. The van der Waals surface area contributed by atoms with Crippen LogP contribution in [0.1, 0.15) is 13.8 Å². The molecule has 2 rings (SSSR count). The highest BCUT2D eigenvalue weighted by Crippen LogP contribution is 2.16. The number of ether oxygens (including phenoxy) is 2. The summed E-state index contributed by atoms with van der Waals surface area (Å²) in [4.78, 5) is 8.29. The number of aromatic nitrogens is 3. The molecule has 0 amide bonds. The number of imidazole rings is 1. The summed E-state index contributed by atoms with van der Waals surface area (Å²) in [6, 6.07) is 0. The Labute approximate surface area is 106 Å². The van der Waals surface area contributed by atoms with Gasteiger partial charge in [-0.2, -0.15) is 4.98 Å². The largest absolute Gasteiger partial charge is 0.473 e. The molecule has 0 aliphatic rings. The molecule has 0 unspecified atom stereocenters. The van der Waals surface area contributed by atoms with E-state index in [0.717, 1.165) is 6.61 Å². The highest BCUT2D eigenvalue weighted by Gasteiger charge is 2.07. The third-order valence-electron chi connectivity index (χ3n) is 2.28. The van der Waals surface area contributed by atoms with Crippen molar-refractivity contribution in [1.82, 2.24) is 14.4 Å². The van der Waals surface area contributed by atoms with Crippen LogP contribution < -0.4 is 10.5 Å². The number of nitrogens with zero attached hydrogens (tertiary/aromatic N) is 3. The van der Waals surface area contributed by atoms with E-state index in [0.29, 0.717) is 36.5 Å². The first-order chi connectivity index (χ1) is 8.66. The Hall–Kier alpha value is -1.82. The molecule has 6 heteroatoms. The van der Waals surface area contributed by atoms with Gasteiger partial charge in [0.2, 0.25) is 5.65 Å². The normalized spacial score (nSPS) is 11.3. The Kier molecular flexibility index (Phi) is 3.99. The van der Waals surface area contributed by atoms with Crippen molar-refractivity contribution in [2.24, 2.45) is 5.92 Å². The van der Waals surface area contributed by atoms with Crippen molar-refractivity contribution in [3.8, 4) is 5.88 Å². The first kappa shape index (κ1) is 12.6. The molecule has 6 nitrogen and oxygen atoms in total. The van der Waals surface area contributed by atoms with E-state index in [1.807, 2.05) is 0 Å². The van der Waals surface area contributed by atoms with Crippen molar-refractivity contribution in [1.29, 1.82) is 0 Å². The summed E-state index contributed by atoms with van der Waals surface area (Å²) in [5.41, 5.74) is 6.34. The van der Waals surface area contributed by atoms with Gasteiger partial charge in [-0.05, 0) is 5.92 Å². The van der Waals surface area contributed by atoms with E-state index in [-0.39, 0.29) is 0 Å². The number of anilines is 1. The fraction of sp³-hybridized carbons (Fsp3) is 0.500. The zero-order valence-corrected chi connectivity index (χ0v) is 10.7. The van der Waals surface area contributed by atoms with E-state index in [1.165, 1.54) is 0 Å². The molecular formula is C12H18N4O2. The van der Waals surface area contributed by atoms with Crippen molar-refractivity contribution in [3.05, 3.63) is 18.6 Å². The van der Waals surface area contributed by atoms with Gasteiger partial charge in [0, 0.05) is 19.0 Å². The molecule has 2 aromatic rings. The average molecular weight is 250 g/mol. The average Bonchev–Trinajstić information content (AvgIpc) is 2.75. The van der Waals surface area contributed by atoms with Gasteiger partial charge in [0.05, 0.1) is 12.8 Å². The van der Waals surface area contributed by atoms with Crippen molar-refractivity contribution < 1.29 is 9.47 Å². The molecule has 0 bridgehead atoms. The summed E-state index contributed by atoms with van der Waals surface area (Å²) in [6.45, 7) is 5.91. The molecule has 2 aromatic heterocycles. The third-order valence-corrected chi connectivity index (χ3v) is 2.28. The summed E-state index contributed by atoms with van der Waals surface area (Å²) < 4.78 is 12.8. The molecule has 0 aliphatic heterocycles. The van der Waals surface area contributed by atoms with Crippen LogP contribution in [0, 0.1) is 5.92 Å². The van der Waals surface area contributed by atoms with Gasteiger partial charge in [-0.1, -0.05) is 13.8 Å². The van der Waals surface area contributed by atoms with Crippen LogP contribution in [0.15, 0.2) is 18.6 Å². The summed E-state index contributed by atoms with van der Waals surface area (Å²) in [5, 5.41) is 0. The van der Waals surface area contributed by atoms with Crippen molar-refractivity contribution >= 4 is 11.5 Å². The topological polar surface area (TPSA) is 74.7 Å². The Morgan fingerprint density at radius 1 is 1.39 bits per heavy atom. The minimum Gasteiger partial charge on any atom is -0.473 e. The summed E-state index contributed by atoms with van der Waals surface area (Å²) in [6.07, 6.45) is 5.18. The first-order valence-electron chi connectivity index (χ1n) is 5.96. The third kappa shape index (κ3) is 3.10. The maximum atomic E-state index is 5.68. The molecule has 0 atom stereocenters. The van der Waals surface area contributed by atoms with Gasteiger partial charge in [-0.3, -0.25) is 4.40 Å². The molecule has 0 aliphatic carbocycles. The van der Waals surface area contributed by atoms with E-state index in [9.17, 15) is 0 Å². The SMILES string of the molecule is CC(C)COCCOc1nc(N)cn2ccnc12. The lowest BCUT2D eigenvalue weighted by Gasteiger charge is -2.09. The number of nitrogens with two attached hydrogens (primary N) is 1. The van der Waals surface area contributed by atoms with Gasteiger partial charge < -0.3 is 15.2 Å². The lowest BCUT2D eigenvalue weighted by molar-refractivity contribution is 0.0809. The molecule has 2 N–H and O–H groups in total. The van der Waals surface area contributed by atoms with Crippen LogP contribution in [-0.4, -0.2) is 34.2 Å². The molecule has 0 fully saturated rings. The van der Waals surface area contributed by atoms with Crippen LogP contribution in [0.4, 0.5) is 5.82 Å². The van der Waals surface area contributed by atoms with Gasteiger partial charge in [0.15, 0.2) is 0 Å². The highest BCUT2D eigenvalue weighted by atomic mass is 16.5. The zero-order chi connectivity index (χ0) is 13.0. The number of nitrogen functional groups attached to an aromatic ring is 1. The van der Waals surface area contributed by atoms with Crippen LogP contribution in [0.25, 0.3) is 5.65 Å². The first-order valence-corrected chi connectivity index (χ1v) is 5.96. The smallest absolute Gasteiger partial charge is 0.260 e. The molecule has 0 saturated heterocycles. The minimum absolute atomic E-state index is 0.401. The molecule has 0 aromatic carbocycles. The van der Waals surface area contributed by atoms with E-state index < -0.39 is 0 Å². The predicted octanol–water partition coefficient (Wildman–Crippen LogP) is 1.36. The van der Waals surface area contributed by atoms with Gasteiger partial charge in [-0.15, -0.1) is 0 Å². The van der Waals surface area contributed by atoms with Crippen LogP contribution in [-0.2, 0) is 4.74 Å². The van der Waals surface area contributed by atoms with E-state index in [2.05, 4.69) is 23.8 Å². The maximum absolute atomic E-state index is 5.68. The van der Waals surface area contributed by atoms with Crippen LogP contribution in [0.3, 0.4) is 0 Å². The molecule has 98 valence electrons. The van der Waals surface area contributed by atoms with E-state index >= 15 is 0 Å². The molecule has 18 heavy (non-hydrogen) atoms. The number of rotatable bonds is 6. The Morgan fingerprint density at radius 3 is 3.00 bits per heavy atom. The van der Waals surface area contributed by atoms with E-state index in [1.54, 1.807) is 23.0 Å². The Balaban J connectivity index is 1.93. The zero-order valence-electron chi connectivity index (χ0n) is 10.7. The van der Waals surface area contributed by atoms with Crippen LogP contribution in [0.2, 0.25) is 0 Å². The Bertz CT molecular complexity index is 510. The van der Waals surface area contributed by atoms with Crippen LogP contribution in [0.5, 0.6) is 5.88 Å². The van der Waals surface area contributed by atoms with Crippen LogP contribution >= 0.6 is 0 Å². The molecule has 0 radical (unpaired) electrons. The second-order valence-electron chi connectivity index (χ2n) is 4.45. The minimum atomic E-state index is 0.401. The number of hydrogen-bond donors (Lipinski definition) is 1. The van der Waals surface area contributed by atoms with Gasteiger partial charge in [0.1, 0.15) is 12.4 Å². The Morgan fingerprint density at radius 2 is 2.22 bits per heavy atom. The van der Waals surface area contributed by atoms with Crippen molar-refractivity contribution in [2.75, 3.05) is 25.6 Å². The van der Waals surface area contributed by atoms with Gasteiger partial charge in [0.25, 0.3) is 5.88 Å². The van der Waals surface area contributed by atoms with Gasteiger partial charge in [-0.25, -0.2) is 4.98 Å². The molecule has 2 heterocycles. The van der Waals surface area contributed by atoms with Crippen molar-refractivity contribution in [3.63, 3.8) is 0 Å². The summed E-state index contributed by atoms with van der Waals surface area (Å²) >= 11 is 0. The fourth-order valence-corrected chi connectivity index (χ4v) is 1.53. The predicted molar refractivity (Wildman–Crippen MR) is 68.6 cm³/mol. The quantitative estimate of drug-likeness (QED) is 0.783.